The Morgan fingerprint density at radius 3 is 2.76 bits per heavy atom. The second-order valence-electron chi connectivity index (χ2n) is 3.51. The number of ether oxygens (including phenoxy) is 1. The monoisotopic (exact) mass is 239 g/mol. The lowest BCUT2D eigenvalue weighted by Gasteiger charge is -2.04. The summed E-state index contributed by atoms with van der Waals surface area (Å²) in [6, 6.07) is 3.25. The van der Waals surface area contributed by atoms with E-state index in [4.69, 9.17) is 5.11 Å². The molecule has 94 valence electrons. The Morgan fingerprint density at radius 2 is 2.18 bits per heavy atom. The first-order valence-electron chi connectivity index (χ1n) is 5.54. The van der Waals surface area contributed by atoms with Crippen LogP contribution in [-0.2, 0) is 4.74 Å². The molecular formula is C11H17N3O3. The van der Waals surface area contributed by atoms with Gasteiger partial charge in [0.1, 0.15) is 5.82 Å². The molecule has 1 rings (SSSR count). The number of unbranched alkanes of at least 4 members (excludes halogenated alkanes) is 2. The van der Waals surface area contributed by atoms with Crippen molar-refractivity contribution in [1.82, 2.24) is 10.2 Å². The molecule has 0 aromatic carbocycles. The van der Waals surface area contributed by atoms with Crippen LogP contribution in [0.3, 0.4) is 0 Å². The molecule has 0 radical (unpaired) electrons. The van der Waals surface area contributed by atoms with E-state index in [1.807, 2.05) is 0 Å². The minimum absolute atomic E-state index is 0.193. The van der Waals surface area contributed by atoms with E-state index < -0.39 is 5.97 Å². The highest BCUT2D eigenvalue weighted by Gasteiger charge is 2.06. The number of methoxy groups -OCH3 is 1. The van der Waals surface area contributed by atoms with Gasteiger partial charge in [-0.3, -0.25) is 0 Å². The third-order valence-corrected chi connectivity index (χ3v) is 2.20. The molecule has 0 spiro atoms. The Hall–Kier alpha value is -1.69. The van der Waals surface area contributed by atoms with E-state index in [1.165, 1.54) is 7.11 Å². The molecule has 6 nitrogen and oxygen atoms in total. The van der Waals surface area contributed by atoms with Crippen LogP contribution in [0.4, 0.5) is 5.82 Å². The summed E-state index contributed by atoms with van der Waals surface area (Å²) in [5, 5.41) is 19.3. The molecule has 0 bridgehead atoms. The van der Waals surface area contributed by atoms with Crippen molar-refractivity contribution in [3.63, 3.8) is 0 Å². The van der Waals surface area contributed by atoms with Gasteiger partial charge in [0, 0.05) is 13.2 Å². The smallest absolute Gasteiger partial charge is 0.358 e. The van der Waals surface area contributed by atoms with Gasteiger partial charge in [0.25, 0.3) is 0 Å². The van der Waals surface area contributed by atoms with E-state index in [2.05, 4.69) is 20.3 Å². The van der Waals surface area contributed by atoms with Crippen LogP contribution in [0.5, 0.6) is 0 Å². The summed E-state index contributed by atoms with van der Waals surface area (Å²) >= 11 is 0. The minimum Gasteiger partial charge on any atom is -0.464 e. The molecule has 6 heteroatoms. The molecule has 0 amide bonds. The molecule has 0 saturated carbocycles. The zero-order chi connectivity index (χ0) is 12.5. The van der Waals surface area contributed by atoms with Crippen LogP contribution in [0.2, 0.25) is 0 Å². The van der Waals surface area contributed by atoms with Crippen LogP contribution in [-0.4, -0.2) is 41.5 Å². The predicted molar refractivity (Wildman–Crippen MR) is 62.8 cm³/mol. The fourth-order valence-corrected chi connectivity index (χ4v) is 1.27. The predicted octanol–water partition coefficient (Wildman–Crippen LogP) is 0.838. The molecule has 0 aliphatic carbocycles. The van der Waals surface area contributed by atoms with Gasteiger partial charge in [-0.1, -0.05) is 0 Å². The minimum atomic E-state index is -0.494. The van der Waals surface area contributed by atoms with Crippen molar-refractivity contribution >= 4 is 11.8 Å². The van der Waals surface area contributed by atoms with Gasteiger partial charge in [0.15, 0.2) is 5.69 Å². The number of carbonyl (C=O) groups excluding carboxylic acids is 1. The van der Waals surface area contributed by atoms with Crippen molar-refractivity contribution in [2.75, 3.05) is 25.6 Å². The molecule has 1 aromatic rings. The van der Waals surface area contributed by atoms with Crippen molar-refractivity contribution < 1.29 is 14.6 Å². The van der Waals surface area contributed by atoms with Gasteiger partial charge in [0.2, 0.25) is 0 Å². The number of nitrogens with one attached hydrogen (secondary N) is 1. The van der Waals surface area contributed by atoms with E-state index in [9.17, 15) is 4.79 Å². The number of aliphatic hydroxyl groups is 1. The number of nitrogens with zero attached hydrogens (tertiary/aromatic N) is 2. The van der Waals surface area contributed by atoms with Crippen LogP contribution in [0.1, 0.15) is 29.8 Å². The zero-order valence-electron chi connectivity index (χ0n) is 9.85. The van der Waals surface area contributed by atoms with Crippen molar-refractivity contribution in [3.8, 4) is 0 Å². The lowest BCUT2D eigenvalue weighted by molar-refractivity contribution is 0.0593. The average Bonchev–Trinajstić information content (AvgIpc) is 2.38. The van der Waals surface area contributed by atoms with Crippen molar-refractivity contribution in [3.05, 3.63) is 17.8 Å². The molecule has 2 N–H and O–H groups in total. The van der Waals surface area contributed by atoms with Gasteiger partial charge in [0.05, 0.1) is 7.11 Å². The first-order valence-corrected chi connectivity index (χ1v) is 5.54. The highest BCUT2D eigenvalue weighted by atomic mass is 16.5. The Morgan fingerprint density at radius 1 is 1.35 bits per heavy atom. The summed E-state index contributed by atoms with van der Waals surface area (Å²) in [5.41, 5.74) is 0.193. The molecular weight excluding hydrogens is 222 g/mol. The average molecular weight is 239 g/mol. The van der Waals surface area contributed by atoms with Gasteiger partial charge in [-0.25, -0.2) is 4.79 Å². The summed E-state index contributed by atoms with van der Waals surface area (Å²) in [6.07, 6.45) is 2.74. The number of anilines is 1. The van der Waals surface area contributed by atoms with Crippen LogP contribution in [0, 0.1) is 0 Å². The summed E-state index contributed by atoms with van der Waals surface area (Å²) in [4.78, 5) is 11.1. The third kappa shape index (κ3) is 4.78. The maximum atomic E-state index is 11.1. The molecule has 1 aromatic heterocycles. The lowest BCUT2D eigenvalue weighted by atomic mass is 10.2. The van der Waals surface area contributed by atoms with Crippen LogP contribution in [0.15, 0.2) is 12.1 Å². The van der Waals surface area contributed by atoms with Crippen molar-refractivity contribution in [2.24, 2.45) is 0 Å². The van der Waals surface area contributed by atoms with Crippen LogP contribution < -0.4 is 5.32 Å². The number of rotatable bonds is 7. The topological polar surface area (TPSA) is 84.3 Å². The highest BCUT2D eigenvalue weighted by Crippen LogP contribution is 2.04. The molecule has 1 heterocycles. The number of esters is 1. The molecule has 0 saturated heterocycles. The first-order chi connectivity index (χ1) is 8.27. The molecule has 17 heavy (non-hydrogen) atoms. The standard InChI is InChI=1S/C11H17N3O3/c1-17-11(16)9-5-6-10(14-13-9)12-7-3-2-4-8-15/h5-6,15H,2-4,7-8H2,1H3,(H,12,14). The fourth-order valence-electron chi connectivity index (χ4n) is 1.27. The van der Waals surface area contributed by atoms with E-state index in [0.29, 0.717) is 5.82 Å². The summed E-state index contributed by atoms with van der Waals surface area (Å²) < 4.78 is 4.52. The molecule has 0 aliphatic rings. The Labute approximate surface area is 100 Å². The Kier molecular flexibility index (Phi) is 5.95. The summed E-state index contributed by atoms with van der Waals surface area (Å²) in [5.74, 6) is 0.133. The number of aliphatic hydroxyl groups excluding tert-OH is 1. The quantitative estimate of drug-likeness (QED) is 0.541. The van der Waals surface area contributed by atoms with Gasteiger partial charge in [-0.2, -0.15) is 0 Å². The highest BCUT2D eigenvalue weighted by molar-refractivity contribution is 5.86. The van der Waals surface area contributed by atoms with Gasteiger partial charge in [-0.05, 0) is 31.4 Å². The van der Waals surface area contributed by atoms with Crippen molar-refractivity contribution in [1.29, 1.82) is 0 Å². The van der Waals surface area contributed by atoms with Crippen molar-refractivity contribution in [2.45, 2.75) is 19.3 Å². The molecule has 0 atom stereocenters. The fraction of sp³-hybridized carbons (Fsp3) is 0.545. The Bertz CT molecular complexity index is 340. The van der Waals surface area contributed by atoms with E-state index >= 15 is 0 Å². The SMILES string of the molecule is COC(=O)c1ccc(NCCCCCO)nn1. The second kappa shape index (κ2) is 7.56. The second-order valence-corrected chi connectivity index (χ2v) is 3.51. The van der Waals surface area contributed by atoms with Gasteiger partial charge in [-0.15, -0.1) is 10.2 Å². The zero-order valence-corrected chi connectivity index (χ0v) is 9.85. The molecule has 0 aliphatic heterocycles. The third-order valence-electron chi connectivity index (χ3n) is 2.20. The van der Waals surface area contributed by atoms with E-state index in [-0.39, 0.29) is 12.3 Å². The largest absolute Gasteiger partial charge is 0.464 e. The number of hydrogen-bond acceptors (Lipinski definition) is 6. The first kappa shape index (κ1) is 13.4. The summed E-state index contributed by atoms with van der Waals surface area (Å²) in [6.45, 7) is 1.000. The number of carbonyl (C=O) groups is 1. The van der Waals surface area contributed by atoms with E-state index in [0.717, 1.165) is 25.8 Å². The van der Waals surface area contributed by atoms with E-state index in [1.54, 1.807) is 12.1 Å². The van der Waals surface area contributed by atoms with Gasteiger partial charge < -0.3 is 15.2 Å². The maximum absolute atomic E-state index is 11.1. The Balaban J connectivity index is 2.33. The summed E-state index contributed by atoms with van der Waals surface area (Å²) in [7, 11) is 1.30. The van der Waals surface area contributed by atoms with Gasteiger partial charge >= 0.3 is 5.97 Å². The van der Waals surface area contributed by atoms with Crippen LogP contribution >= 0.6 is 0 Å². The number of aromatic nitrogens is 2. The van der Waals surface area contributed by atoms with Crippen LogP contribution in [0.25, 0.3) is 0 Å². The lowest BCUT2D eigenvalue weighted by Crippen LogP contribution is -2.08. The normalized spacial score (nSPS) is 10.0. The maximum Gasteiger partial charge on any atom is 0.358 e. The number of hydrogen-bond donors (Lipinski definition) is 2. The molecule has 0 fully saturated rings. The molecule has 0 unspecified atom stereocenters.